The van der Waals surface area contributed by atoms with Gasteiger partial charge in [0.05, 0.1) is 17.0 Å². The summed E-state index contributed by atoms with van der Waals surface area (Å²) in [6.45, 7) is 0. The lowest BCUT2D eigenvalue weighted by Gasteiger charge is -2.03. The SMILES string of the molecule is O=c1ccc2c(OI)c3ccoc3cc2o1. The summed E-state index contributed by atoms with van der Waals surface area (Å²) < 4.78 is 15.6. The van der Waals surface area contributed by atoms with Crippen LogP contribution in [0.3, 0.4) is 0 Å². The van der Waals surface area contributed by atoms with Gasteiger partial charge in [0.15, 0.2) is 28.8 Å². The molecule has 0 amide bonds. The first-order valence-electron chi connectivity index (χ1n) is 4.52. The van der Waals surface area contributed by atoms with Crippen LogP contribution in [0.25, 0.3) is 21.9 Å². The lowest BCUT2D eigenvalue weighted by atomic mass is 10.1. The van der Waals surface area contributed by atoms with Gasteiger partial charge in [0.2, 0.25) is 0 Å². The van der Waals surface area contributed by atoms with Crippen LogP contribution < -0.4 is 8.69 Å². The number of fused-ring (bicyclic) bond motifs is 2. The van der Waals surface area contributed by atoms with Crippen molar-refractivity contribution in [1.29, 1.82) is 0 Å². The molecule has 0 unspecified atom stereocenters. The molecule has 3 rings (SSSR count). The molecule has 80 valence electrons. The van der Waals surface area contributed by atoms with E-state index in [-0.39, 0.29) is 0 Å². The molecule has 0 saturated carbocycles. The van der Waals surface area contributed by atoms with E-state index >= 15 is 0 Å². The van der Waals surface area contributed by atoms with E-state index in [1.54, 1.807) is 41.4 Å². The van der Waals surface area contributed by atoms with Gasteiger partial charge in [0.1, 0.15) is 11.2 Å². The van der Waals surface area contributed by atoms with Crippen molar-refractivity contribution in [2.75, 3.05) is 0 Å². The van der Waals surface area contributed by atoms with E-state index < -0.39 is 5.63 Å². The predicted octanol–water partition coefficient (Wildman–Crippen LogP) is 3.27. The predicted molar refractivity (Wildman–Crippen MR) is 66.9 cm³/mol. The Morgan fingerprint density at radius 2 is 1.94 bits per heavy atom. The van der Waals surface area contributed by atoms with Gasteiger partial charge in [0, 0.05) is 12.1 Å². The fourth-order valence-electron chi connectivity index (χ4n) is 1.69. The summed E-state index contributed by atoms with van der Waals surface area (Å²) in [5.41, 5.74) is 0.702. The third-order valence-corrected chi connectivity index (χ3v) is 2.83. The van der Waals surface area contributed by atoms with Crippen LogP contribution in [0.2, 0.25) is 0 Å². The van der Waals surface area contributed by atoms with E-state index in [9.17, 15) is 4.79 Å². The van der Waals surface area contributed by atoms with Crippen LogP contribution in [0.5, 0.6) is 5.75 Å². The summed E-state index contributed by atoms with van der Waals surface area (Å²) in [4.78, 5) is 11.1. The molecule has 3 aromatic rings. The highest BCUT2D eigenvalue weighted by molar-refractivity contribution is 14.1. The summed E-state index contributed by atoms with van der Waals surface area (Å²) in [5.74, 6) is 0.644. The van der Waals surface area contributed by atoms with Crippen LogP contribution in [0, 0.1) is 0 Å². The van der Waals surface area contributed by atoms with Crippen LogP contribution in [-0.4, -0.2) is 0 Å². The van der Waals surface area contributed by atoms with Crippen LogP contribution in [-0.2, 0) is 0 Å². The molecular formula is C11H5IO4. The topological polar surface area (TPSA) is 52.6 Å². The maximum absolute atomic E-state index is 11.1. The summed E-state index contributed by atoms with van der Waals surface area (Å²) in [5, 5.41) is 1.61. The lowest BCUT2D eigenvalue weighted by molar-refractivity contribution is 0.557. The fourth-order valence-corrected chi connectivity index (χ4v) is 2.17. The minimum atomic E-state index is -0.391. The van der Waals surface area contributed by atoms with Gasteiger partial charge in [-0.1, -0.05) is 0 Å². The second kappa shape index (κ2) is 3.51. The molecule has 2 aromatic heterocycles. The molecule has 0 bridgehead atoms. The molecular weight excluding hydrogens is 323 g/mol. The molecule has 4 nitrogen and oxygen atoms in total. The quantitative estimate of drug-likeness (QED) is 0.508. The summed E-state index contributed by atoms with van der Waals surface area (Å²) >= 11 is 1.79. The summed E-state index contributed by atoms with van der Waals surface area (Å²) in [6.07, 6.45) is 1.57. The summed E-state index contributed by atoms with van der Waals surface area (Å²) in [6, 6.07) is 6.55. The molecule has 0 aliphatic heterocycles. The molecule has 5 heteroatoms. The number of hydrogen-bond donors (Lipinski definition) is 0. The third kappa shape index (κ3) is 1.31. The van der Waals surface area contributed by atoms with Crippen molar-refractivity contribution in [3.63, 3.8) is 0 Å². The molecule has 0 spiro atoms. The van der Waals surface area contributed by atoms with Crippen molar-refractivity contribution >= 4 is 44.9 Å². The summed E-state index contributed by atoms with van der Waals surface area (Å²) in [7, 11) is 0. The Kier molecular flexibility index (Phi) is 2.13. The van der Waals surface area contributed by atoms with Crippen LogP contribution in [0.15, 0.2) is 44.2 Å². The zero-order valence-corrected chi connectivity index (χ0v) is 10.1. The molecule has 0 aliphatic rings. The largest absolute Gasteiger partial charge is 0.464 e. The highest BCUT2D eigenvalue weighted by atomic mass is 127. The minimum Gasteiger partial charge on any atom is -0.464 e. The molecule has 0 N–H and O–H groups in total. The number of rotatable bonds is 1. The van der Waals surface area contributed by atoms with Crippen molar-refractivity contribution < 1.29 is 11.9 Å². The third-order valence-electron chi connectivity index (χ3n) is 2.39. The average molecular weight is 328 g/mol. The Labute approximate surface area is 103 Å². The Hall–Kier alpha value is -1.50. The van der Waals surface area contributed by atoms with E-state index in [0.717, 1.165) is 10.8 Å². The number of halogens is 1. The van der Waals surface area contributed by atoms with Crippen molar-refractivity contribution in [1.82, 2.24) is 0 Å². The smallest absolute Gasteiger partial charge is 0.336 e. The first-order chi connectivity index (χ1) is 7.79. The molecule has 0 aliphatic carbocycles. The van der Waals surface area contributed by atoms with E-state index in [1.807, 2.05) is 6.07 Å². The second-order valence-corrected chi connectivity index (χ2v) is 3.72. The molecule has 16 heavy (non-hydrogen) atoms. The van der Waals surface area contributed by atoms with Crippen molar-refractivity contribution in [2.24, 2.45) is 0 Å². The van der Waals surface area contributed by atoms with Gasteiger partial charge < -0.3 is 11.9 Å². The van der Waals surface area contributed by atoms with Crippen molar-refractivity contribution in [3.8, 4) is 5.75 Å². The molecule has 0 radical (unpaired) electrons. The highest BCUT2D eigenvalue weighted by Gasteiger charge is 2.12. The molecule has 1 aromatic carbocycles. The van der Waals surface area contributed by atoms with Crippen molar-refractivity contribution in [2.45, 2.75) is 0 Å². The standard InChI is InChI=1S/C11H5IO4/c12-16-11-6-1-2-10(13)15-9(6)5-8-7(11)3-4-14-8/h1-5H. The Morgan fingerprint density at radius 3 is 2.75 bits per heavy atom. The molecule has 0 atom stereocenters. The average Bonchev–Trinajstić information content (AvgIpc) is 2.73. The Morgan fingerprint density at radius 1 is 1.12 bits per heavy atom. The Balaban J connectivity index is 2.58. The second-order valence-electron chi connectivity index (χ2n) is 3.28. The van der Waals surface area contributed by atoms with E-state index in [2.05, 4.69) is 0 Å². The minimum absolute atomic E-state index is 0.391. The fraction of sp³-hybridized carbons (Fsp3) is 0. The molecule has 0 saturated heterocycles. The van der Waals surface area contributed by atoms with Crippen LogP contribution in [0.1, 0.15) is 0 Å². The lowest BCUT2D eigenvalue weighted by Crippen LogP contribution is -1.94. The molecule has 0 fully saturated rings. The number of benzene rings is 1. The number of furan rings is 1. The van der Waals surface area contributed by atoms with Gasteiger partial charge in [-0.2, -0.15) is 0 Å². The first-order valence-corrected chi connectivity index (χ1v) is 5.40. The van der Waals surface area contributed by atoms with Crippen molar-refractivity contribution in [3.05, 3.63) is 40.9 Å². The zero-order valence-electron chi connectivity index (χ0n) is 7.90. The van der Waals surface area contributed by atoms with Gasteiger partial charge in [-0.25, -0.2) is 4.79 Å². The van der Waals surface area contributed by atoms with E-state index in [4.69, 9.17) is 11.9 Å². The van der Waals surface area contributed by atoms with Gasteiger partial charge in [-0.05, 0) is 12.1 Å². The van der Waals surface area contributed by atoms with Gasteiger partial charge in [-0.3, -0.25) is 0 Å². The van der Waals surface area contributed by atoms with Gasteiger partial charge >= 0.3 is 5.63 Å². The maximum atomic E-state index is 11.1. The first kappa shape index (κ1) is 9.71. The van der Waals surface area contributed by atoms with Gasteiger partial charge in [0.25, 0.3) is 0 Å². The normalized spacial score (nSPS) is 11.1. The van der Waals surface area contributed by atoms with Crippen LogP contribution >= 0.6 is 23.0 Å². The zero-order chi connectivity index (χ0) is 11.1. The van der Waals surface area contributed by atoms with E-state index in [0.29, 0.717) is 16.9 Å². The highest BCUT2D eigenvalue weighted by Crippen LogP contribution is 2.35. The number of hydrogen-bond acceptors (Lipinski definition) is 4. The molecule has 2 heterocycles. The van der Waals surface area contributed by atoms with E-state index in [1.165, 1.54) is 6.07 Å². The van der Waals surface area contributed by atoms with Crippen LogP contribution in [0.4, 0.5) is 0 Å². The van der Waals surface area contributed by atoms with Gasteiger partial charge in [-0.15, -0.1) is 0 Å². The maximum Gasteiger partial charge on any atom is 0.336 e. The monoisotopic (exact) mass is 328 g/mol. The Bertz CT molecular complexity index is 726.